The van der Waals surface area contributed by atoms with Crippen LogP contribution in [-0.2, 0) is 0 Å². The average molecular weight is 223 g/mol. The Balaban J connectivity index is 2.81. The van der Waals surface area contributed by atoms with Gasteiger partial charge in [-0.3, -0.25) is 0 Å². The van der Waals surface area contributed by atoms with Gasteiger partial charge in [-0.2, -0.15) is 5.26 Å². The third-order valence-corrected chi connectivity index (χ3v) is 2.23. The van der Waals surface area contributed by atoms with E-state index in [2.05, 4.69) is 32.2 Å². The summed E-state index contributed by atoms with van der Waals surface area (Å²) in [6.07, 6.45) is 0. The first-order valence-electron chi connectivity index (χ1n) is 4.86. The summed E-state index contributed by atoms with van der Waals surface area (Å²) in [4.78, 5) is 0. The first-order chi connectivity index (χ1) is 6.92. The van der Waals surface area contributed by atoms with Crippen molar-refractivity contribution in [2.24, 2.45) is 5.41 Å². The highest BCUT2D eigenvalue weighted by molar-refractivity contribution is 6.33. The molecule has 0 spiro atoms. The lowest BCUT2D eigenvalue weighted by atomic mass is 9.97. The van der Waals surface area contributed by atoms with Crippen molar-refractivity contribution in [3.05, 3.63) is 28.8 Å². The van der Waals surface area contributed by atoms with Crippen LogP contribution in [0.25, 0.3) is 0 Å². The highest BCUT2D eigenvalue weighted by atomic mass is 35.5. The number of halogens is 1. The van der Waals surface area contributed by atoms with Crippen LogP contribution in [0.4, 0.5) is 5.69 Å². The van der Waals surface area contributed by atoms with E-state index in [1.165, 1.54) is 0 Å². The van der Waals surface area contributed by atoms with Gasteiger partial charge < -0.3 is 5.32 Å². The molecule has 1 rings (SSSR count). The molecule has 0 radical (unpaired) electrons. The van der Waals surface area contributed by atoms with Crippen LogP contribution in [0, 0.1) is 16.7 Å². The molecule has 0 fully saturated rings. The highest BCUT2D eigenvalue weighted by Crippen LogP contribution is 2.24. The fourth-order valence-corrected chi connectivity index (χ4v) is 1.28. The molecule has 0 aliphatic heterocycles. The molecule has 0 saturated carbocycles. The number of benzene rings is 1. The molecule has 1 aromatic rings. The Hall–Kier alpha value is -1.20. The Morgan fingerprint density at radius 3 is 2.60 bits per heavy atom. The van der Waals surface area contributed by atoms with Crippen molar-refractivity contribution < 1.29 is 0 Å². The van der Waals surface area contributed by atoms with Crippen molar-refractivity contribution >= 4 is 17.3 Å². The maximum Gasteiger partial charge on any atom is 0.0992 e. The van der Waals surface area contributed by atoms with Gasteiger partial charge in [0.25, 0.3) is 0 Å². The van der Waals surface area contributed by atoms with E-state index in [1.807, 2.05) is 0 Å². The summed E-state index contributed by atoms with van der Waals surface area (Å²) in [6, 6.07) is 7.32. The SMILES string of the molecule is CC(C)(C)CNc1cc(C#N)ccc1Cl. The van der Waals surface area contributed by atoms with Gasteiger partial charge in [0.15, 0.2) is 0 Å². The molecule has 1 N–H and O–H groups in total. The molecular formula is C12H15ClN2. The lowest BCUT2D eigenvalue weighted by molar-refractivity contribution is 0.443. The minimum absolute atomic E-state index is 0.186. The van der Waals surface area contributed by atoms with Gasteiger partial charge in [-0.25, -0.2) is 0 Å². The molecule has 0 aliphatic rings. The summed E-state index contributed by atoms with van der Waals surface area (Å²) in [5.74, 6) is 0. The Morgan fingerprint density at radius 1 is 1.40 bits per heavy atom. The molecule has 0 saturated heterocycles. The zero-order valence-electron chi connectivity index (χ0n) is 9.26. The Labute approximate surface area is 95.9 Å². The third kappa shape index (κ3) is 3.81. The second kappa shape index (κ2) is 4.55. The van der Waals surface area contributed by atoms with Crippen molar-refractivity contribution in [3.8, 4) is 6.07 Å². The molecule has 15 heavy (non-hydrogen) atoms. The predicted molar refractivity (Wildman–Crippen MR) is 64.1 cm³/mol. The Kier molecular flexibility index (Phi) is 3.60. The lowest BCUT2D eigenvalue weighted by Crippen LogP contribution is -2.19. The standard InChI is InChI=1S/C12H15ClN2/c1-12(2,3)8-15-11-6-9(7-14)4-5-10(11)13/h4-6,15H,8H2,1-3H3. The smallest absolute Gasteiger partial charge is 0.0992 e. The first kappa shape index (κ1) is 11.9. The average Bonchev–Trinajstić information content (AvgIpc) is 2.15. The molecular weight excluding hydrogens is 208 g/mol. The lowest BCUT2D eigenvalue weighted by Gasteiger charge is -2.20. The zero-order chi connectivity index (χ0) is 11.5. The van der Waals surface area contributed by atoms with E-state index in [0.29, 0.717) is 10.6 Å². The van der Waals surface area contributed by atoms with Crippen LogP contribution in [0.2, 0.25) is 5.02 Å². The van der Waals surface area contributed by atoms with Crippen molar-refractivity contribution in [3.63, 3.8) is 0 Å². The second-order valence-corrected chi connectivity index (χ2v) is 5.13. The molecule has 0 heterocycles. The number of anilines is 1. The third-order valence-electron chi connectivity index (χ3n) is 1.90. The van der Waals surface area contributed by atoms with Crippen LogP contribution in [0.3, 0.4) is 0 Å². The van der Waals surface area contributed by atoms with Crippen LogP contribution in [0.5, 0.6) is 0 Å². The zero-order valence-corrected chi connectivity index (χ0v) is 10.0. The minimum atomic E-state index is 0.186. The molecule has 0 aliphatic carbocycles. The summed E-state index contributed by atoms with van der Waals surface area (Å²) >= 11 is 6.01. The Bertz CT molecular complexity index is 386. The summed E-state index contributed by atoms with van der Waals surface area (Å²) in [6.45, 7) is 7.24. The number of nitrogens with zero attached hydrogens (tertiary/aromatic N) is 1. The highest BCUT2D eigenvalue weighted by Gasteiger charge is 2.10. The van der Waals surface area contributed by atoms with Gasteiger partial charge in [-0.1, -0.05) is 32.4 Å². The molecule has 1 aromatic carbocycles. The first-order valence-corrected chi connectivity index (χ1v) is 5.24. The predicted octanol–water partition coefficient (Wildman–Crippen LogP) is 3.67. The Morgan fingerprint density at radius 2 is 2.07 bits per heavy atom. The van der Waals surface area contributed by atoms with Crippen LogP contribution in [0.15, 0.2) is 18.2 Å². The summed E-state index contributed by atoms with van der Waals surface area (Å²) < 4.78 is 0. The molecule has 0 amide bonds. The van der Waals surface area contributed by atoms with Crippen molar-refractivity contribution in [1.82, 2.24) is 0 Å². The van der Waals surface area contributed by atoms with E-state index in [0.717, 1.165) is 12.2 Å². The van der Waals surface area contributed by atoms with Gasteiger partial charge in [-0.15, -0.1) is 0 Å². The van der Waals surface area contributed by atoms with Gasteiger partial charge in [0.1, 0.15) is 0 Å². The minimum Gasteiger partial charge on any atom is -0.383 e. The molecule has 0 aromatic heterocycles. The van der Waals surface area contributed by atoms with Gasteiger partial charge in [0, 0.05) is 6.54 Å². The van der Waals surface area contributed by atoms with Gasteiger partial charge in [0.2, 0.25) is 0 Å². The summed E-state index contributed by atoms with van der Waals surface area (Å²) in [5, 5.41) is 12.7. The molecule has 0 unspecified atom stereocenters. The van der Waals surface area contributed by atoms with Crippen molar-refractivity contribution in [1.29, 1.82) is 5.26 Å². The number of nitriles is 1. The monoisotopic (exact) mass is 222 g/mol. The number of nitrogens with one attached hydrogen (secondary N) is 1. The largest absolute Gasteiger partial charge is 0.383 e. The molecule has 80 valence electrons. The summed E-state index contributed by atoms with van der Waals surface area (Å²) in [7, 11) is 0. The fraction of sp³-hybridized carbons (Fsp3) is 0.417. The molecule has 0 atom stereocenters. The van der Waals surface area contributed by atoms with Crippen LogP contribution < -0.4 is 5.32 Å². The van der Waals surface area contributed by atoms with Crippen molar-refractivity contribution in [2.45, 2.75) is 20.8 Å². The van der Waals surface area contributed by atoms with Crippen LogP contribution in [0.1, 0.15) is 26.3 Å². The van der Waals surface area contributed by atoms with Crippen molar-refractivity contribution in [2.75, 3.05) is 11.9 Å². The van der Waals surface area contributed by atoms with E-state index >= 15 is 0 Å². The molecule has 3 heteroatoms. The summed E-state index contributed by atoms with van der Waals surface area (Å²) in [5.41, 5.74) is 1.63. The van der Waals surface area contributed by atoms with Crippen LogP contribution in [-0.4, -0.2) is 6.54 Å². The maximum atomic E-state index is 8.76. The topological polar surface area (TPSA) is 35.8 Å². The van der Waals surface area contributed by atoms with E-state index in [1.54, 1.807) is 18.2 Å². The molecule has 0 bridgehead atoms. The van der Waals surface area contributed by atoms with E-state index in [-0.39, 0.29) is 5.41 Å². The maximum absolute atomic E-state index is 8.76. The second-order valence-electron chi connectivity index (χ2n) is 4.72. The number of hydrogen-bond acceptors (Lipinski definition) is 2. The number of rotatable bonds is 2. The normalized spacial score (nSPS) is 10.9. The number of hydrogen-bond donors (Lipinski definition) is 1. The van der Waals surface area contributed by atoms with E-state index < -0.39 is 0 Å². The fourth-order valence-electron chi connectivity index (χ4n) is 1.09. The van der Waals surface area contributed by atoms with Gasteiger partial charge in [-0.05, 0) is 23.6 Å². The van der Waals surface area contributed by atoms with Gasteiger partial charge in [0.05, 0.1) is 22.3 Å². The van der Waals surface area contributed by atoms with Crippen LogP contribution >= 0.6 is 11.6 Å². The quantitative estimate of drug-likeness (QED) is 0.829. The van der Waals surface area contributed by atoms with E-state index in [4.69, 9.17) is 16.9 Å². The van der Waals surface area contributed by atoms with Gasteiger partial charge >= 0.3 is 0 Å². The van der Waals surface area contributed by atoms with E-state index in [9.17, 15) is 0 Å². The molecule has 2 nitrogen and oxygen atoms in total.